The van der Waals surface area contributed by atoms with Crippen LogP contribution in [0.15, 0.2) is 97.1 Å². The van der Waals surface area contributed by atoms with Crippen molar-refractivity contribution in [2.75, 3.05) is 0 Å². The monoisotopic (exact) mass is 443 g/mol. The van der Waals surface area contributed by atoms with Crippen molar-refractivity contribution in [1.29, 1.82) is 0 Å². The first-order chi connectivity index (χ1) is 16.8. The average molecular weight is 444 g/mol. The van der Waals surface area contributed by atoms with Crippen LogP contribution in [0.3, 0.4) is 0 Å². The van der Waals surface area contributed by atoms with Gasteiger partial charge in [0.25, 0.3) is 5.91 Å². The summed E-state index contributed by atoms with van der Waals surface area (Å²) in [5, 5.41) is 13.3. The Balaban J connectivity index is 1.21. The van der Waals surface area contributed by atoms with Gasteiger partial charge in [-0.3, -0.25) is 9.89 Å². The zero-order valence-corrected chi connectivity index (χ0v) is 18.8. The third-order valence-corrected chi connectivity index (χ3v) is 6.78. The molecule has 0 fully saturated rings. The van der Waals surface area contributed by atoms with Gasteiger partial charge in [0.15, 0.2) is 0 Å². The fourth-order valence-electron chi connectivity index (χ4n) is 5.01. The minimum atomic E-state index is -0.0354. The summed E-state index contributed by atoms with van der Waals surface area (Å²) < 4.78 is 0. The van der Waals surface area contributed by atoms with E-state index in [1.54, 1.807) is 0 Å². The second-order valence-electron chi connectivity index (χ2n) is 8.89. The van der Waals surface area contributed by atoms with Gasteiger partial charge < -0.3 is 5.32 Å². The minimum absolute atomic E-state index is 0.0354. The molecular weight excluding hydrogens is 418 g/mol. The number of rotatable bonds is 4. The zero-order chi connectivity index (χ0) is 22.9. The fourth-order valence-corrected chi connectivity index (χ4v) is 5.01. The van der Waals surface area contributed by atoms with E-state index >= 15 is 0 Å². The molecule has 2 N–H and O–H groups in total. The summed E-state index contributed by atoms with van der Waals surface area (Å²) in [6.07, 6.45) is 3.16. The molecule has 1 aliphatic carbocycles. The van der Waals surface area contributed by atoms with Gasteiger partial charge in [0.1, 0.15) is 0 Å². The summed E-state index contributed by atoms with van der Waals surface area (Å²) in [4.78, 5) is 13.0. The van der Waals surface area contributed by atoms with Gasteiger partial charge in [-0.15, -0.1) is 0 Å². The summed E-state index contributed by atoms with van der Waals surface area (Å²) >= 11 is 0. The van der Waals surface area contributed by atoms with Crippen LogP contribution in [0.1, 0.15) is 40.4 Å². The highest BCUT2D eigenvalue weighted by Crippen LogP contribution is 2.31. The van der Waals surface area contributed by atoms with Gasteiger partial charge in [-0.25, -0.2) is 0 Å². The highest BCUT2D eigenvalue weighted by molar-refractivity contribution is 5.97. The molecule has 4 aromatic carbocycles. The highest BCUT2D eigenvalue weighted by Gasteiger charge is 2.22. The number of hydrogen-bond donors (Lipinski definition) is 2. The Morgan fingerprint density at radius 3 is 2.59 bits per heavy atom. The lowest BCUT2D eigenvalue weighted by Crippen LogP contribution is -2.30. The normalized spacial score (nSPS) is 15.1. The summed E-state index contributed by atoms with van der Waals surface area (Å²) in [6, 6.07) is 32.9. The smallest absolute Gasteiger partial charge is 0.251 e. The van der Waals surface area contributed by atoms with Crippen molar-refractivity contribution in [1.82, 2.24) is 15.5 Å². The van der Waals surface area contributed by atoms with Gasteiger partial charge in [-0.1, -0.05) is 78.9 Å². The third kappa shape index (κ3) is 3.77. The van der Waals surface area contributed by atoms with Gasteiger partial charge in [-0.05, 0) is 59.4 Å². The Kier molecular flexibility index (Phi) is 5.19. The average Bonchev–Trinajstić information content (AvgIpc) is 3.39. The van der Waals surface area contributed by atoms with E-state index in [-0.39, 0.29) is 11.9 Å². The van der Waals surface area contributed by atoms with E-state index in [1.807, 2.05) is 24.3 Å². The molecule has 1 aromatic heterocycles. The molecule has 5 aromatic rings. The number of H-pyrrole nitrogens is 1. The van der Waals surface area contributed by atoms with E-state index < -0.39 is 0 Å². The molecule has 0 radical (unpaired) electrons. The van der Waals surface area contributed by atoms with Gasteiger partial charge >= 0.3 is 0 Å². The molecule has 0 saturated carbocycles. The van der Waals surface area contributed by atoms with Crippen LogP contribution in [0, 0.1) is 0 Å². The van der Waals surface area contributed by atoms with Gasteiger partial charge in [0.2, 0.25) is 0 Å². The molecule has 1 atom stereocenters. The quantitative estimate of drug-likeness (QED) is 0.324. The SMILES string of the molecule is O=C(N[C@H]1CCCc2ccccc21)c1ccc(-c2cc(-c3cccc4ccccc34)[nH]n2)cc1. The van der Waals surface area contributed by atoms with Crippen LogP contribution in [0.25, 0.3) is 33.3 Å². The Morgan fingerprint density at radius 2 is 1.68 bits per heavy atom. The molecule has 1 amide bonds. The predicted octanol–water partition coefficient (Wildman–Crippen LogP) is 6.70. The van der Waals surface area contributed by atoms with Crippen LogP contribution in [0.2, 0.25) is 0 Å². The first kappa shape index (κ1) is 20.4. The Hall–Kier alpha value is -4.18. The van der Waals surface area contributed by atoms with E-state index in [0.717, 1.165) is 41.8 Å². The summed E-state index contributed by atoms with van der Waals surface area (Å²) in [5.74, 6) is -0.0354. The Bertz CT molecular complexity index is 1480. The first-order valence-corrected chi connectivity index (χ1v) is 11.8. The van der Waals surface area contributed by atoms with Gasteiger partial charge in [-0.2, -0.15) is 5.10 Å². The van der Waals surface area contributed by atoms with E-state index in [1.165, 1.54) is 21.9 Å². The number of fused-ring (bicyclic) bond motifs is 2. The molecule has 0 unspecified atom stereocenters. The third-order valence-electron chi connectivity index (χ3n) is 6.78. The van der Waals surface area contributed by atoms with Gasteiger partial charge in [0, 0.05) is 16.7 Å². The van der Waals surface area contributed by atoms with E-state index in [0.29, 0.717) is 5.56 Å². The summed E-state index contributed by atoms with van der Waals surface area (Å²) in [7, 11) is 0. The highest BCUT2D eigenvalue weighted by atomic mass is 16.1. The largest absolute Gasteiger partial charge is 0.345 e. The van der Waals surface area contributed by atoms with Crippen LogP contribution in [-0.2, 0) is 6.42 Å². The number of aromatic amines is 1. The Labute approximate surface area is 198 Å². The van der Waals surface area contributed by atoms with E-state index in [4.69, 9.17) is 0 Å². The van der Waals surface area contributed by atoms with Crippen LogP contribution in [0.4, 0.5) is 0 Å². The van der Waals surface area contributed by atoms with Crippen LogP contribution < -0.4 is 5.32 Å². The number of carbonyl (C=O) groups excluding carboxylic acids is 1. The maximum Gasteiger partial charge on any atom is 0.251 e. The molecule has 34 heavy (non-hydrogen) atoms. The first-order valence-electron chi connectivity index (χ1n) is 11.8. The molecule has 1 heterocycles. The molecule has 0 spiro atoms. The second-order valence-corrected chi connectivity index (χ2v) is 8.89. The summed E-state index contributed by atoms with van der Waals surface area (Å²) in [5.41, 5.74) is 7.19. The molecule has 0 saturated heterocycles. The van der Waals surface area contributed by atoms with Crippen LogP contribution >= 0.6 is 0 Å². The number of nitrogens with zero attached hydrogens (tertiary/aromatic N) is 1. The molecule has 1 aliphatic rings. The maximum atomic E-state index is 13.0. The van der Waals surface area contributed by atoms with E-state index in [9.17, 15) is 4.79 Å². The fraction of sp³-hybridized carbons (Fsp3) is 0.133. The lowest BCUT2D eigenvalue weighted by Gasteiger charge is -2.26. The van der Waals surface area contributed by atoms with Crippen LogP contribution in [0.5, 0.6) is 0 Å². The van der Waals surface area contributed by atoms with Crippen molar-refractivity contribution >= 4 is 16.7 Å². The summed E-state index contributed by atoms with van der Waals surface area (Å²) in [6.45, 7) is 0. The molecular formula is C30H25N3O. The Morgan fingerprint density at radius 1 is 0.882 bits per heavy atom. The molecule has 166 valence electrons. The molecule has 4 nitrogen and oxygen atoms in total. The number of aryl methyl sites for hydroxylation is 1. The lowest BCUT2D eigenvalue weighted by molar-refractivity contribution is 0.0933. The number of hydrogen-bond acceptors (Lipinski definition) is 2. The van der Waals surface area contributed by atoms with Crippen molar-refractivity contribution in [2.24, 2.45) is 0 Å². The van der Waals surface area contributed by atoms with Crippen molar-refractivity contribution in [3.63, 3.8) is 0 Å². The maximum absolute atomic E-state index is 13.0. The molecule has 0 aliphatic heterocycles. The number of carbonyl (C=O) groups is 1. The number of aromatic nitrogens is 2. The van der Waals surface area contributed by atoms with Crippen molar-refractivity contribution in [3.8, 4) is 22.5 Å². The second kappa shape index (κ2) is 8.64. The van der Waals surface area contributed by atoms with Gasteiger partial charge in [0.05, 0.1) is 17.4 Å². The van der Waals surface area contributed by atoms with Crippen molar-refractivity contribution in [3.05, 3.63) is 114 Å². The number of benzene rings is 4. The van der Waals surface area contributed by atoms with Crippen LogP contribution in [-0.4, -0.2) is 16.1 Å². The standard InChI is InChI=1S/C30H25N3O/c34-30(31-27-14-6-10-21-8-2-4-12-25(21)27)23-17-15-22(16-18-23)28-19-29(33-32-28)26-13-5-9-20-7-1-3-11-24(20)26/h1-5,7-9,11-13,15-19,27H,6,10,14H2,(H,31,34)(H,32,33)/t27-/m0/s1. The zero-order valence-electron chi connectivity index (χ0n) is 18.8. The van der Waals surface area contributed by atoms with Crippen molar-refractivity contribution in [2.45, 2.75) is 25.3 Å². The van der Waals surface area contributed by atoms with Crippen molar-refractivity contribution < 1.29 is 4.79 Å². The number of amides is 1. The topological polar surface area (TPSA) is 57.8 Å². The minimum Gasteiger partial charge on any atom is -0.345 e. The molecule has 0 bridgehead atoms. The number of nitrogens with one attached hydrogen (secondary N) is 2. The predicted molar refractivity (Wildman–Crippen MR) is 137 cm³/mol. The molecule has 4 heteroatoms. The lowest BCUT2D eigenvalue weighted by atomic mass is 9.87. The van der Waals surface area contributed by atoms with E-state index in [2.05, 4.69) is 88.3 Å². The molecule has 6 rings (SSSR count).